The first-order chi connectivity index (χ1) is 6.79. The van der Waals surface area contributed by atoms with Gasteiger partial charge in [0, 0.05) is 12.2 Å². The number of carboxylic acid groups (broad SMARTS) is 1. The van der Waals surface area contributed by atoms with Crippen molar-refractivity contribution in [3.05, 3.63) is 23.0 Å². The van der Waals surface area contributed by atoms with Gasteiger partial charge < -0.3 is 9.67 Å². The van der Waals surface area contributed by atoms with Crippen LogP contribution >= 0.6 is 0 Å². The smallest absolute Gasteiger partial charge is 0.432 e. The van der Waals surface area contributed by atoms with Crippen LogP contribution in [-0.2, 0) is 12.7 Å². The fraction of sp³-hybridized carbons (Fsp3) is 0.444. The molecule has 15 heavy (non-hydrogen) atoms. The van der Waals surface area contributed by atoms with Crippen molar-refractivity contribution < 1.29 is 23.1 Å². The average molecular weight is 221 g/mol. The molecule has 0 unspecified atom stereocenters. The molecule has 6 heteroatoms. The van der Waals surface area contributed by atoms with Gasteiger partial charge in [0.25, 0.3) is 0 Å². The molecule has 0 aliphatic carbocycles. The Bertz CT molecular complexity index is 393. The lowest BCUT2D eigenvalue weighted by molar-refractivity contribution is -0.144. The second-order valence-corrected chi connectivity index (χ2v) is 3.10. The second-order valence-electron chi connectivity index (χ2n) is 3.10. The molecule has 0 aliphatic rings. The van der Waals surface area contributed by atoms with Gasteiger partial charge in [-0.15, -0.1) is 0 Å². The summed E-state index contributed by atoms with van der Waals surface area (Å²) in [6.07, 6.45) is -4.64. The quantitative estimate of drug-likeness (QED) is 0.833. The van der Waals surface area contributed by atoms with E-state index in [2.05, 4.69) is 0 Å². The summed E-state index contributed by atoms with van der Waals surface area (Å²) in [6.45, 7) is 3.08. The third-order valence-corrected chi connectivity index (χ3v) is 2.12. The molecule has 0 fully saturated rings. The van der Waals surface area contributed by atoms with Crippen molar-refractivity contribution in [2.24, 2.45) is 0 Å². The molecule has 1 aromatic rings. The highest BCUT2D eigenvalue weighted by molar-refractivity contribution is 5.89. The Morgan fingerprint density at radius 3 is 2.40 bits per heavy atom. The van der Waals surface area contributed by atoms with Crippen molar-refractivity contribution in [2.45, 2.75) is 26.6 Å². The van der Waals surface area contributed by atoms with Gasteiger partial charge in [-0.05, 0) is 19.9 Å². The first-order valence-corrected chi connectivity index (χ1v) is 4.29. The Morgan fingerprint density at radius 1 is 1.53 bits per heavy atom. The molecule has 0 aromatic carbocycles. The molecule has 3 nitrogen and oxygen atoms in total. The van der Waals surface area contributed by atoms with Crippen LogP contribution in [0, 0.1) is 6.92 Å². The fourth-order valence-corrected chi connectivity index (χ4v) is 1.55. The minimum atomic E-state index is -4.64. The van der Waals surface area contributed by atoms with E-state index in [1.165, 1.54) is 13.8 Å². The molecular formula is C9H10F3NO2. The van der Waals surface area contributed by atoms with Gasteiger partial charge in [0.15, 0.2) is 0 Å². The summed E-state index contributed by atoms with van der Waals surface area (Å²) in [6, 6.07) is 1.04. The molecule has 0 amide bonds. The Hall–Kier alpha value is -1.46. The van der Waals surface area contributed by atoms with E-state index in [1.807, 2.05) is 0 Å². The predicted octanol–water partition coefficient (Wildman–Crippen LogP) is 2.53. The van der Waals surface area contributed by atoms with Gasteiger partial charge in [0.05, 0.1) is 5.56 Å². The van der Waals surface area contributed by atoms with Gasteiger partial charge in [-0.2, -0.15) is 13.2 Å². The summed E-state index contributed by atoms with van der Waals surface area (Å²) in [4.78, 5) is 10.6. The maximum absolute atomic E-state index is 12.6. The highest BCUT2D eigenvalue weighted by Crippen LogP contribution is 2.34. The van der Waals surface area contributed by atoms with Crippen LogP contribution < -0.4 is 0 Å². The SMILES string of the molecule is CCn1c(C)cc(C(=O)O)c1C(F)(F)F. The average Bonchev–Trinajstić information content (AvgIpc) is 2.41. The third kappa shape index (κ3) is 1.98. The van der Waals surface area contributed by atoms with Crippen LogP contribution in [0.25, 0.3) is 0 Å². The Morgan fingerprint density at radius 2 is 2.07 bits per heavy atom. The minimum absolute atomic E-state index is 0.0912. The van der Waals surface area contributed by atoms with Crippen LogP contribution in [0.1, 0.15) is 28.7 Å². The predicted molar refractivity (Wildman–Crippen MR) is 46.8 cm³/mol. The van der Waals surface area contributed by atoms with Gasteiger partial charge in [-0.3, -0.25) is 0 Å². The number of carboxylic acids is 1. The highest BCUT2D eigenvalue weighted by Gasteiger charge is 2.39. The molecule has 0 bridgehead atoms. The molecule has 0 saturated carbocycles. The second kappa shape index (κ2) is 3.60. The zero-order valence-corrected chi connectivity index (χ0v) is 8.22. The Kier molecular flexibility index (Phi) is 2.79. The zero-order chi connectivity index (χ0) is 11.8. The molecule has 1 heterocycles. The number of hydrogen-bond donors (Lipinski definition) is 1. The summed E-state index contributed by atoms with van der Waals surface area (Å²) >= 11 is 0. The maximum atomic E-state index is 12.6. The van der Waals surface area contributed by atoms with E-state index in [4.69, 9.17) is 5.11 Å². The third-order valence-electron chi connectivity index (χ3n) is 2.12. The zero-order valence-electron chi connectivity index (χ0n) is 8.22. The lowest BCUT2D eigenvalue weighted by Gasteiger charge is -2.12. The number of halogens is 3. The number of aryl methyl sites for hydroxylation is 1. The van der Waals surface area contributed by atoms with E-state index in [0.717, 1.165) is 10.6 Å². The van der Waals surface area contributed by atoms with Gasteiger partial charge in [0.1, 0.15) is 5.69 Å². The summed E-state index contributed by atoms with van der Waals surface area (Å²) in [5, 5.41) is 8.65. The van der Waals surface area contributed by atoms with Crippen LogP contribution in [0.3, 0.4) is 0 Å². The number of hydrogen-bond acceptors (Lipinski definition) is 1. The van der Waals surface area contributed by atoms with Crippen molar-refractivity contribution in [3.63, 3.8) is 0 Å². The first kappa shape index (κ1) is 11.6. The standard InChI is InChI=1S/C9H10F3NO2/c1-3-13-5(2)4-6(8(14)15)7(13)9(10,11)12/h4H,3H2,1-2H3,(H,14,15). The largest absolute Gasteiger partial charge is 0.478 e. The molecule has 84 valence electrons. The Labute approximate surface area is 84.1 Å². The van der Waals surface area contributed by atoms with E-state index < -0.39 is 23.4 Å². The molecule has 0 spiro atoms. The van der Waals surface area contributed by atoms with Crippen molar-refractivity contribution in [2.75, 3.05) is 0 Å². The molecular weight excluding hydrogens is 211 g/mol. The summed E-state index contributed by atoms with van der Waals surface area (Å²) in [5.41, 5.74) is -1.49. The number of alkyl halides is 3. The van der Waals surface area contributed by atoms with Crippen molar-refractivity contribution in [3.8, 4) is 0 Å². The van der Waals surface area contributed by atoms with Gasteiger partial charge in [-0.1, -0.05) is 0 Å². The van der Waals surface area contributed by atoms with Gasteiger partial charge in [0.2, 0.25) is 0 Å². The lowest BCUT2D eigenvalue weighted by atomic mass is 10.2. The topological polar surface area (TPSA) is 42.2 Å². The summed E-state index contributed by atoms with van der Waals surface area (Å²) in [5.74, 6) is -1.56. The molecule has 1 N–H and O–H groups in total. The van der Waals surface area contributed by atoms with Gasteiger partial charge >= 0.3 is 12.1 Å². The molecule has 1 aromatic heterocycles. The van der Waals surface area contributed by atoms with E-state index in [1.54, 1.807) is 0 Å². The van der Waals surface area contributed by atoms with Crippen molar-refractivity contribution >= 4 is 5.97 Å². The molecule has 0 radical (unpaired) electrons. The summed E-state index contributed by atoms with van der Waals surface area (Å²) in [7, 11) is 0. The highest BCUT2D eigenvalue weighted by atomic mass is 19.4. The molecule has 0 atom stereocenters. The van der Waals surface area contributed by atoms with Crippen LogP contribution in [0.5, 0.6) is 0 Å². The van der Waals surface area contributed by atoms with Crippen LogP contribution in [0.15, 0.2) is 6.07 Å². The number of nitrogens with zero attached hydrogens (tertiary/aromatic N) is 1. The van der Waals surface area contributed by atoms with Crippen LogP contribution in [-0.4, -0.2) is 15.6 Å². The van der Waals surface area contributed by atoms with Crippen molar-refractivity contribution in [1.82, 2.24) is 4.57 Å². The molecule has 0 aliphatic heterocycles. The first-order valence-electron chi connectivity index (χ1n) is 4.29. The normalized spacial score (nSPS) is 11.8. The van der Waals surface area contributed by atoms with Crippen molar-refractivity contribution in [1.29, 1.82) is 0 Å². The van der Waals surface area contributed by atoms with E-state index in [9.17, 15) is 18.0 Å². The molecule has 0 saturated heterocycles. The number of rotatable bonds is 2. The van der Waals surface area contributed by atoms with E-state index in [-0.39, 0.29) is 6.54 Å². The Balaban J connectivity index is 3.49. The number of aromatic nitrogens is 1. The minimum Gasteiger partial charge on any atom is -0.478 e. The molecule has 1 rings (SSSR count). The number of carbonyl (C=O) groups is 1. The van der Waals surface area contributed by atoms with Crippen LogP contribution in [0.4, 0.5) is 13.2 Å². The van der Waals surface area contributed by atoms with Crippen LogP contribution in [0.2, 0.25) is 0 Å². The van der Waals surface area contributed by atoms with Gasteiger partial charge in [-0.25, -0.2) is 4.79 Å². The van der Waals surface area contributed by atoms with E-state index in [0.29, 0.717) is 5.69 Å². The monoisotopic (exact) mass is 221 g/mol. The fourth-order valence-electron chi connectivity index (χ4n) is 1.55. The lowest BCUT2D eigenvalue weighted by Crippen LogP contribution is -2.17. The summed E-state index contributed by atoms with van der Waals surface area (Å²) < 4.78 is 38.7. The maximum Gasteiger partial charge on any atom is 0.432 e. The number of aromatic carboxylic acids is 1. The van der Waals surface area contributed by atoms with E-state index >= 15 is 0 Å².